The molecule has 0 spiro atoms. The molecule has 0 saturated heterocycles. The summed E-state index contributed by atoms with van der Waals surface area (Å²) in [4.78, 5) is 24.6. The molecular weight excluding hydrogens is 288 g/mol. The van der Waals surface area contributed by atoms with E-state index in [1.807, 2.05) is 36.6 Å². The van der Waals surface area contributed by atoms with E-state index in [4.69, 9.17) is 4.42 Å². The lowest BCUT2D eigenvalue weighted by atomic mass is 10.1. The highest BCUT2D eigenvalue weighted by atomic mass is 32.1. The fourth-order valence-electron chi connectivity index (χ4n) is 1.87. The number of nitrogens with zero attached hydrogens (tertiary/aromatic N) is 2. The van der Waals surface area contributed by atoms with Crippen LogP contribution < -0.4 is 5.76 Å². The Morgan fingerprint density at radius 1 is 1.29 bits per heavy atom. The quantitative estimate of drug-likeness (QED) is 0.695. The van der Waals surface area contributed by atoms with Crippen molar-refractivity contribution in [1.82, 2.24) is 9.78 Å². The topological polar surface area (TPSA) is 65.1 Å². The van der Waals surface area contributed by atoms with Crippen LogP contribution in [0.1, 0.15) is 15.9 Å². The zero-order chi connectivity index (χ0) is 14.8. The highest BCUT2D eigenvalue weighted by Crippen LogP contribution is 2.21. The predicted molar refractivity (Wildman–Crippen MR) is 79.6 cm³/mol. The van der Waals surface area contributed by atoms with Crippen molar-refractivity contribution in [1.29, 1.82) is 0 Å². The summed E-state index contributed by atoms with van der Waals surface area (Å²) in [5.74, 6) is -0.561. The molecule has 5 nitrogen and oxygen atoms in total. The second-order valence-electron chi connectivity index (χ2n) is 4.60. The summed E-state index contributed by atoms with van der Waals surface area (Å²) >= 11 is 1.42. The number of hydrogen-bond donors (Lipinski definition) is 0. The number of Topliss-reactive ketones (excluding diaryl/α,β-unsaturated/α-hetero) is 1. The van der Waals surface area contributed by atoms with Gasteiger partial charge in [0.25, 0.3) is 5.89 Å². The van der Waals surface area contributed by atoms with Crippen molar-refractivity contribution in [3.8, 4) is 10.8 Å². The molecule has 0 aliphatic heterocycles. The summed E-state index contributed by atoms with van der Waals surface area (Å²) in [5.41, 5.74) is 1.62. The molecule has 0 fully saturated rings. The molecular formula is C15H12N2O3S. The lowest BCUT2D eigenvalue weighted by Crippen LogP contribution is -2.21. The normalized spacial score (nSPS) is 10.7. The van der Waals surface area contributed by atoms with Crippen LogP contribution in [0.5, 0.6) is 0 Å². The van der Waals surface area contributed by atoms with Crippen LogP contribution in [0.4, 0.5) is 0 Å². The van der Waals surface area contributed by atoms with Crippen molar-refractivity contribution < 1.29 is 9.21 Å². The number of ketones is 1. The number of carbonyl (C=O) groups excluding carboxylic acids is 1. The van der Waals surface area contributed by atoms with Crippen molar-refractivity contribution >= 4 is 17.1 Å². The minimum absolute atomic E-state index is 0.128. The first-order valence-electron chi connectivity index (χ1n) is 6.35. The minimum Gasteiger partial charge on any atom is -0.387 e. The molecule has 0 aliphatic rings. The maximum Gasteiger partial charge on any atom is 0.437 e. The lowest BCUT2D eigenvalue weighted by molar-refractivity contribution is 0.0965. The van der Waals surface area contributed by atoms with Crippen LogP contribution in [0.25, 0.3) is 10.8 Å². The first-order chi connectivity index (χ1) is 10.1. The molecule has 3 rings (SSSR count). The van der Waals surface area contributed by atoms with Crippen LogP contribution in [0, 0.1) is 6.92 Å². The monoisotopic (exact) mass is 300 g/mol. The van der Waals surface area contributed by atoms with Crippen LogP contribution in [0.2, 0.25) is 0 Å². The fraction of sp³-hybridized carbons (Fsp3) is 0.133. The Labute approximate surface area is 124 Å². The highest BCUT2D eigenvalue weighted by Gasteiger charge is 2.14. The first-order valence-corrected chi connectivity index (χ1v) is 7.23. The van der Waals surface area contributed by atoms with Gasteiger partial charge in [0.05, 0.1) is 4.88 Å². The number of benzene rings is 1. The molecule has 0 saturated carbocycles. The van der Waals surface area contributed by atoms with Gasteiger partial charge in [-0.1, -0.05) is 35.9 Å². The molecule has 3 aromatic rings. The van der Waals surface area contributed by atoms with E-state index in [1.54, 1.807) is 12.1 Å². The molecule has 0 bridgehead atoms. The van der Waals surface area contributed by atoms with Crippen LogP contribution in [0.3, 0.4) is 0 Å². The highest BCUT2D eigenvalue weighted by molar-refractivity contribution is 7.13. The van der Waals surface area contributed by atoms with Crippen molar-refractivity contribution in [2.45, 2.75) is 13.5 Å². The van der Waals surface area contributed by atoms with Crippen LogP contribution in [-0.2, 0) is 6.54 Å². The van der Waals surface area contributed by atoms with E-state index in [-0.39, 0.29) is 18.2 Å². The molecule has 0 amide bonds. The Hall–Kier alpha value is -2.47. The molecule has 2 aromatic heterocycles. The standard InChI is InChI=1S/C15H12N2O3S/c1-10-4-6-11(7-5-10)12(18)9-17-15(19)20-14(16-17)13-3-2-8-21-13/h2-8H,9H2,1H3. The van der Waals surface area contributed by atoms with Gasteiger partial charge in [-0.25, -0.2) is 4.79 Å². The molecule has 0 atom stereocenters. The molecule has 0 aliphatic carbocycles. The summed E-state index contributed by atoms with van der Waals surface area (Å²) in [7, 11) is 0. The molecule has 0 N–H and O–H groups in total. The van der Waals surface area contributed by atoms with E-state index >= 15 is 0 Å². The van der Waals surface area contributed by atoms with Crippen LogP contribution >= 0.6 is 11.3 Å². The van der Waals surface area contributed by atoms with Crippen LogP contribution in [-0.4, -0.2) is 15.6 Å². The first kappa shape index (κ1) is 13.5. The zero-order valence-electron chi connectivity index (χ0n) is 11.3. The molecule has 106 valence electrons. The Balaban J connectivity index is 1.83. The van der Waals surface area contributed by atoms with Crippen molar-refractivity contribution in [2.75, 3.05) is 0 Å². The Kier molecular flexibility index (Phi) is 3.53. The van der Waals surface area contributed by atoms with Gasteiger partial charge in [-0.05, 0) is 18.4 Å². The smallest absolute Gasteiger partial charge is 0.387 e. The second-order valence-corrected chi connectivity index (χ2v) is 5.54. The Morgan fingerprint density at radius 3 is 2.71 bits per heavy atom. The fourth-order valence-corrected chi connectivity index (χ4v) is 2.52. The number of rotatable bonds is 4. The van der Waals surface area contributed by atoms with Crippen molar-refractivity contribution in [2.24, 2.45) is 0 Å². The van der Waals surface area contributed by atoms with Gasteiger partial charge >= 0.3 is 5.76 Å². The third kappa shape index (κ3) is 2.85. The van der Waals surface area contributed by atoms with Gasteiger partial charge in [0.2, 0.25) is 0 Å². The Morgan fingerprint density at radius 2 is 2.05 bits per heavy atom. The minimum atomic E-state index is -0.626. The number of hydrogen-bond acceptors (Lipinski definition) is 5. The van der Waals surface area contributed by atoms with E-state index in [9.17, 15) is 9.59 Å². The van der Waals surface area contributed by atoms with Gasteiger partial charge in [0, 0.05) is 5.56 Å². The number of aryl methyl sites for hydroxylation is 1. The predicted octanol–water partition coefficient (Wildman–Crippen LogP) is 2.76. The molecule has 0 radical (unpaired) electrons. The lowest BCUT2D eigenvalue weighted by Gasteiger charge is -2.00. The number of thiophene rings is 1. The summed E-state index contributed by atoms with van der Waals surface area (Å²) in [5, 5.41) is 5.93. The van der Waals surface area contributed by atoms with Crippen molar-refractivity contribution in [3.05, 3.63) is 63.5 Å². The van der Waals surface area contributed by atoms with E-state index in [1.165, 1.54) is 11.3 Å². The van der Waals surface area contributed by atoms with Gasteiger partial charge in [0.1, 0.15) is 6.54 Å². The third-order valence-electron chi connectivity index (χ3n) is 3.01. The average Bonchev–Trinajstić information content (AvgIpc) is 3.10. The number of carbonyl (C=O) groups is 1. The van der Waals surface area contributed by atoms with E-state index in [2.05, 4.69) is 5.10 Å². The zero-order valence-corrected chi connectivity index (χ0v) is 12.1. The largest absolute Gasteiger partial charge is 0.437 e. The molecule has 1 aromatic carbocycles. The summed E-state index contributed by atoms with van der Waals surface area (Å²) in [6, 6.07) is 10.8. The summed E-state index contributed by atoms with van der Waals surface area (Å²) in [6.45, 7) is 1.82. The summed E-state index contributed by atoms with van der Waals surface area (Å²) < 4.78 is 6.12. The summed E-state index contributed by atoms with van der Waals surface area (Å²) in [6.07, 6.45) is 0. The van der Waals surface area contributed by atoms with Gasteiger partial charge in [-0.3, -0.25) is 4.79 Å². The van der Waals surface area contributed by atoms with Crippen molar-refractivity contribution in [3.63, 3.8) is 0 Å². The molecule has 6 heteroatoms. The van der Waals surface area contributed by atoms with E-state index in [0.29, 0.717) is 5.56 Å². The van der Waals surface area contributed by atoms with Gasteiger partial charge in [-0.15, -0.1) is 16.4 Å². The molecule has 0 unspecified atom stereocenters. The van der Waals surface area contributed by atoms with Gasteiger partial charge < -0.3 is 4.42 Å². The molecule has 21 heavy (non-hydrogen) atoms. The average molecular weight is 300 g/mol. The maximum atomic E-state index is 12.1. The Bertz CT molecular complexity index is 813. The van der Waals surface area contributed by atoms with E-state index in [0.717, 1.165) is 15.1 Å². The SMILES string of the molecule is Cc1ccc(C(=O)Cn2nc(-c3cccs3)oc2=O)cc1. The maximum absolute atomic E-state index is 12.1. The second kappa shape index (κ2) is 5.49. The van der Waals surface area contributed by atoms with Crippen LogP contribution in [0.15, 0.2) is 51.0 Å². The van der Waals surface area contributed by atoms with E-state index < -0.39 is 5.76 Å². The third-order valence-corrected chi connectivity index (χ3v) is 3.86. The number of aromatic nitrogens is 2. The molecule has 2 heterocycles. The van der Waals surface area contributed by atoms with Gasteiger partial charge in [-0.2, -0.15) is 4.68 Å². The van der Waals surface area contributed by atoms with Gasteiger partial charge in [0.15, 0.2) is 5.78 Å².